The molecule has 2 rings (SSSR count). The normalized spacial score (nSPS) is 14.6. The van der Waals surface area contributed by atoms with Gasteiger partial charge in [-0.05, 0) is 50.0 Å². The average molecular weight is 373 g/mol. The lowest BCUT2D eigenvalue weighted by molar-refractivity contribution is -0.131. The highest BCUT2D eigenvalue weighted by Gasteiger charge is 2.23. The summed E-state index contributed by atoms with van der Waals surface area (Å²) in [5, 5.41) is 3.21. The molecule has 6 nitrogen and oxygen atoms in total. The van der Waals surface area contributed by atoms with E-state index in [0.29, 0.717) is 29.6 Å². The third kappa shape index (κ3) is 5.41. The zero-order chi connectivity index (χ0) is 17.5. The molecule has 0 saturated carbocycles. The highest BCUT2D eigenvalue weighted by Crippen LogP contribution is 2.38. The summed E-state index contributed by atoms with van der Waals surface area (Å²) >= 11 is 0. The zero-order valence-corrected chi connectivity index (χ0v) is 16.3. The molecular formula is C18H29ClN2O4. The molecule has 0 aromatic heterocycles. The molecule has 0 unspecified atom stereocenters. The van der Waals surface area contributed by atoms with Gasteiger partial charge in [0.05, 0.1) is 27.8 Å². The number of piperidine rings is 1. The van der Waals surface area contributed by atoms with E-state index in [1.54, 1.807) is 21.3 Å². The van der Waals surface area contributed by atoms with Crippen molar-refractivity contribution in [1.82, 2.24) is 10.2 Å². The predicted octanol–water partition coefficient (Wildman–Crippen LogP) is 2.13. The second-order valence-corrected chi connectivity index (χ2v) is 6.09. The molecule has 1 aliphatic heterocycles. The third-order valence-corrected chi connectivity index (χ3v) is 4.54. The SMILES string of the molecule is CNCC1CCN(C(=O)Cc2cc(OC)c(OC)c(OC)c2)CC1.Cl. The van der Waals surface area contributed by atoms with E-state index in [-0.39, 0.29) is 18.3 Å². The van der Waals surface area contributed by atoms with Gasteiger partial charge in [-0.3, -0.25) is 4.79 Å². The van der Waals surface area contributed by atoms with Gasteiger partial charge in [0.25, 0.3) is 0 Å². The standard InChI is InChI=1S/C18H28N2O4.ClH/c1-19-12-13-5-7-20(8-6-13)17(21)11-14-9-15(22-2)18(24-4)16(10-14)23-3;/h9-10,13,19H,5-8,11-12H2,1-4H3;1H. The number of rotatable bonds is 7. The van der Waals surface area contributed by atoms with Crippen molar-refractivity contribution in [3.63, 3.8) is 0 Å². The van der Waals surface area contributed by atoms with Crippen molar-refractivity contribution in [2.75, 3.05) is 48.0 Å². The topological polar surface area (TPSA) is 60.0 Å². The lowest BCUT2D eigenvalue weighted by atomic mass is 9.96. The van der Waals surface area contributed by atoms with Gasteiger partial charge in [-0.15, -0.1) is 12.4 Å². The minimum Gasteiger partial charge on any atom is -0.493 e. The van der Waals surface area contributed by atoms with E-state index in [4.69, 9.17) is 14.2 Å². The van der Waals surface area contributed by atoms with Crippen LogP contribution in [0.1, 0.15) is 18.4 Å². The summed E-state index contributed by atoms with van der Waals surface area (Å²) < 4.78 is 16.0. The maximum atomic E-state index is 12.6. The summed E-state index contributed by atoms with van der Waals surface area (Å²) in [6.45, 7) is 2.68. The first-order valence-electron chi connectivity index (χ1n) is 8.34. The van der Waals surface area contributed by atoms with Gasteiger partial charge in [-0.2, -0.15) is 0 Å². The molecule has 0 bridgehead atoms. The number of halogens is 1. The van der Waals surface area contributed by atoms with Crippen molar-refractivity contribution in [3.8, 4) is 17.2 Å². The number of nitrogens with zero attached hydrogens (tertiary/aromatic N) is 1. The van der Waals surface area contributed by atoms with Crippen LogP contribution in [0.2, 0.25) is 0 Å². The molecule has 1 aromatic carbocycles. The molecular weight excluding hydrogens is 344 g/mol. The van der Waals surface area contributed by atoms with E-state index in [2.05, 4.69) is 5.32 Å². The van der Waals surface area contributed by atoms with Crippen LogP contribution in [-0.2, 0) is 11.2 Å². The van der Waals surface area contributed by atoms with Gasteiger partial charge in [0.15, 0.2) is 11.5 Å². The van der Waals surface area contributed by atoms with E-state index < -0.39 is 0 Å². The second kappa shape index (κ2) is 10.4. The molecule has 0 atom stereocenters. The molecule has 0 aliphatic carbocycles. The van der Waals surface area contributed by atoms with E-state index >= 15 is 0 Å². The number of carbonyl (C=O) groups excluding carboxylic acids is 1. The Kier molecular flexibility index (Phi) is 8.86. The first-order chi connectivity index (χ1) is 11.6. The van der Waals surface area contributed by atoms with Crippen LogP contribution < -0.4 is 19.5 Å². The molecule has 1 heterocycles. The number of carbonyl (C=O) groups is 1. The van der Waals surface area contributed by atoms with Crippen LogP contribution in [0.3, 0.4) is 0 Å². The number of methoxy groups -OCH3 is 3. The van der Waals surface area contributed by atoms with Gasteiger partial charge >= 0.3 is 0 Å². The Morgan fingerprint density at radius 2 is 1.68 bits per heavy atom. The van der Waals surface area contributed by atoms with E-state index in [1.165, 1.54) is 0 Å². The molecule has 1 aromatic rings. The van der Waals surface area contributed by atoms with Crippen molar-refractivity contribution in [2.45, 2.75) is 19.3 Å². The summed E-state index contributed by atoms with van der Waals surface area (Å²) in [6, 6.07) is 3.68. The fourth-order valence-electron chi connectivity index (χ4n) is 3.20. The predicted molar refractivity (Wildman–Crippen MR) is 100 cm³/mol. The minimum atomic E-state index is 0. The van der Waals surface area contributed by atoms with E-state index in [0.717, 1.165) is 38.0 Å². The van der Waals surface area contributed by atoms with Gasteiger partial charge in [0.1, 0.15) is 0 Å². The lowest BCUT2D eigenvalue weighted by Crippen LogP contribution is -2.41. The maximum absolute atomic E-state index is 12.6. The number of ether oxygens (including phenoxy) is 3. The molecule has 0 spiro atoms. The first-order valence-corrected chi connectivity index (χ1v) is 8.34. The molecule has 1 aliphatic rings. The van der Waals surface area contributed by atoms with Crippen molar-refractivity contribution in [1.29, 1.82) is 0 Å². The van der Waals surface area contributed by atoms with Gasteiger partial charge in [0, 0.05) is 13.1 Å². The molecule has 7 heteroatoms. The second-order valence-electron chi connectivity index (χ2n) is 6.09. The van der Waals surface area contributed by atoms with Crippen LogP contribution in [0, 0.1) is 5.92 Å². The van der Waals surface area contributed by atoms with E-state index in [9.17, 15) is 4.79 Å². The molecule has 1 saturated heterocycles. The first kappa shape index (κ1) is 21.4. The van der Waals surface area contributed by atoms with Gasteiger partial charge in [-0.1, -0.05) is 0 Å². The number of nitrogens with one attached hydrogen (secondary N) is 1. The lowest BCUT2D eigenvalue weighted by Gasteiger charge is -2.32. The molecule has 1 amide bonds. The number of benzene rings is 1. The smallest absolute Gasteiger partial charge is 0.226 e. The van der Waals surface area contributed by atoms with Crippen molar-refractivity contribution < 1.29 is 19.0 Å². The Bertz CT molecular complexity index is 535. The molecule has 25 heavy (non-hydrogen) atoms. The summed E-state index contributed by atoms with van der Waals surface area (Å²) in [6.07, 6.45) is 2.46. The Morgan fingerprint density at radius 3 is 2.12 bits per heavy atom. The maximum Gasteiger partial charge on any atom is 0.226 e. The van der Waals surface area contributed by atoms with Gasteiger partial charge in [-0.25, -0.2) is 0 Å². The van der Waals surface area contributed by atoms with Crippen molar-refractivity contribution in [2.24, 2.45) is 5.92 Å². The van der Waals surface area contributed by atoms with Crippen LogP contribution in [0.4, 0.5) is 0 Å². The molecule has 0 radical (unpaired) electrons. The molecule has 142 valence electrons. The van der Waals surface area contributed by atoms with Crippen LogP contribution in [0.25, 0.3) is 0 Å². The largest absolute Gasteiger partial charge is 0.493 e. The third-order valence-electron chi connectivity index (χ3n) is 4.54. The van der Waals surface area contributed by atoms with Crippen LogP contribution >= 0.6 is 12.4 Å². The quantitative estimate of drug-likeness (QED) is 0.794. The minimum absolute atomic E-state index is 0. The molecule has 1 fully saturated rings. The number of hydrogen-bond donors (Lipinski definition) is 1. The summed E-state index contributed by atoms with van der Waals surface area (Å²) in [5.74, 6) is 2.51. The number of hydrogen-bond acceptors (Lipinski definition) is 5. The Balaban J connectivity index is 0.00000312. The highest BCUT2D eigenvalue weighted by atomic mass is 35.5. The molecule has 1 N–H and O–H groups in total. The summed E-state index contributed by atoms with van der Waals surface area (Å²) in [7, 11) is 6.70. The van der Waals surface area contributed by atoms with Crippen LogP contribution in [0.15, 0.2) is 12.1 Å². The van der Waals surface area contributed by atoms with E-state index in [1.807, 2.05) is 24.1 Å². The fourth-order valence-corrected chi connectivity index (χ4v) is 3.20. The summed E-state index contributed by atoms with van der Waals surface area (Å²) in [4.78, 5) is 14.5. The Labute approximate surface area is 156 Å². The highest BCUT2D eigenvalue weighted by molar-refractivity contribution is 5.85. The Morgan fingerprint density at radius 1 is 1.12 bits per heavy atom. The van der Waals surface area contributed by atoms with Gasteiger partial charge in [0.2, 0.25) is 11.7 Å². The van der Waals surface area contributed by atoms with Crippen LogP contribution in [0.5, 0.6) is 17.2 Å². The zero-order valence-electron chi connectivity index (χ0n) is 15.5. The fraction of sp³-hybridized carbons (Fsp3) is 0.611. The van der Waals surface area contributed by atoms with Gasteiger partial charge < -0.3 is 24.4 Å². The number of likely N-dealkylation sites (tertiary alicyclic amines) is 1. The Hall–Kier alpha value is -1.66. The van der Waals surface area contributed by atoms with Crippen molar-refractivity contribution in [3.05, 3.63) is 17.7 Å². The van der Waals surface area contributed by atoms with Crippen LogP contribution in [-0.4, -0.2) is 58.8 Å². The summed E-state index contributed by atoms with van der Waals surface area (Å²) in [5.41, 5.74) is 0.867. The van der Waals surface area contributed by atoms with Crippen molar-refractivity contribution >= 4 is 18.3 Å². The number of amides is 1. The average Bonchev–Trinajstić information content (AvgIpc) is 2.61. The monoisotopic (exact) mass is 372 g/mol.